The number of carbonyl (C=O) groups is 2. The van der Waals surface area contributed by atoms with E-state index in [2.05, 4.69) is 4.98 Å². The van der Waals surface area contributed by atoms with Crippen molar-refractivity contribution in [2.45, 2.75) is 38.8 Å². The van der Waals surface area contributed by atoms with Crippen LogP contribution >= 0.6 is 0 Å². The number of nitrogens with zero attached hydrogens (tertiary/aromatic N) is 2. The van der Waals surface area contributed by atoms with Crippen molar-refractivity contribution in [2.24, 2.45) is 5.92 Å². The van der Waals surface area contributed by atoms with E-state index in [1.54, 1.807) is 45.3 Å². The first-order valence-corrected chi connectivity index (χ1v) is 6.92. The fourth-order valence-electron chi connectivity index (χ4n) is 2.54. The summed E-state index contributed by atoms with van der Waals surface area (Å²) in [6.45, 7) is 5.73. The summed E-state index contributed by atoms with van der Waals surface area (Å²) in [7, 11) is 0. The molecule has 6 nitrogen and oxygen atoms in total. The monoisotopic (exact) mass is 292 g/mol. The maximum absolute atomic E-state index is 12.3. The van der Waals surface area contributed by atoms with Gasteiger partial charge in [-0.1, -0.05) is 6.07 Å². The number of carboxylic acids is 1. The zero-order valence-electron chi connectivity index (χ0n) is 12.4. The van der Waals surface area contributed by atoms with Crippen molar-refractivity contribution in [2.75, 3.05) is 6.54 Å². The normalized spacial score (nSPS) is 22.1. The van der Waals surface area contributed by atoms with Crippen LogP contribution in [0.3, 0.4) is 0 Å². The lowest BCUT2D eigenvalue weighted by Gasteiger charge is -2.29. The number of pyridine rings is 1. The van der Waals surface area contributed by atoms with Gasteiger partial charge in [-0.25, -0.2) is 4.79 Å². The molecule has 114 valence electrons. The summed E-state index contributed by atoms with van der Waals surface area (Å²) in [5, 5.41) is 9.38. The van der Waals surface area contributed by atoms with Gasteiger partial charge in [0.05, 0.1) is 12.0 Å². The zero-order chi connectivity index (χ0) is 15.6. The number of hydrogen-bond acceptors (Lipinski definition) is 4. The smallest absolute Gasteiger partial charge is 0.410 e. The van der Waals surface area contributed by atoms with E-state index in [9.17, 15) is 14.7 Å². The highest BCUT2D eigenvalue weighted by molar-refractivity contribution is 5.76. The van der Waals surface area contributed by atoms with Crippen LogP contribution in [0.4, 0.5) is 4.79 Å². The third kappa shape index (κ3) is 3.51. The third-order valence-corrected chi connectivity index (χ3v) is 3.37. The standard InChI is InChI=1S/C15H20N2O4/c1-15(2,3)21-14(20)17-8-6-11(13(18)19)12(17)10-5-4-7-16-9-10/h4-5,7,9,11-12H,6,8H2,1-3H3,(H,18,19)/t11-,12-/m0/s1. The van der Waals surface area contributed by atoms with Gasteiger partial charge in [-0.05, 0) is 38.8 Å². The number of aliphatic carboxylic acids is 1. The predicted molar refractivity (Wildman–Crippen MR) is 75.7 cm³/mol. The molecule has 1 N–H and O–H groups in total. The summed E-state index contributed by atoms with van der Waals surface area (Å²) in [6.07, 6.45) is 3.14. The molecule has 0 radical (unpaired) electrons. The van der Waals surface area contributed by atoms with Crippen LogP contribution in [0.15, 0.2) is 24.5 Å². The van der Waals surface area contributed by atoms with Crippen molar-refractivity contribution in [3.63, 3.8) is 0 Å². The van der Waals surface area contributed by atoms with Crippen LogP contribution in [0.25, 0.3) is 0 Å². The van der Waals surface area contributed by atoms with Crippen LogP contribution in [0.5, 0.6) is 0 Å². The van der Waals surface area contributed by atoms with E-state index in [1.165, 1.54) is 4.90 Å². The van der Waals surface area contributed by atoms with Crippen LogP contribution in [0.2, 0.25) is 0 Å². The maximum atomic E-state index is 12.3. The van der Waals surface area contributed by atoms with Gasteiger partial charge in [0.25, 0.3) is 0 Å². The highest BCUT2D eigenvalue weighted by atomic mass is 16.6. The van der Waals surface area contributed by atoms with E-state index in [0.717, 1.165) is 0 Å². The summed E-state index contributed by atoms with van der Waals surface area (Å²) < 4.78 is 5.38. The first-order valence-electron chi connectivity index (χ1n) is 6.92. The second-order valence-corrected chi connectivity index (χ2v) is 6.14. The molecule has 2 rings (SSSR count). The van der Waals surface area contributed by atoms with Crippen molar-refractivity contribution >= 4 is 12.1 Å². The molecule has 21 heavy (non-hydrogen) atoms. The molecular formula is C15H20N2O4. The maximum Gasteiger partial charge on any atom is 0.410 e. The van der Waals surface area contributed by atoms with Crippen molar-refractivity contribution in [3.05, 3.63) is 30.1 Å². The summed E-state index contributed by atoms with van der Waals surface area (Å²) in [5.41, 5.74) is 0.103. The molecular weight excluding hydrogens is 272 g/mol. The molecule has 0 aliphatic carbocycles. The number of carbonyl (C=O) groups excluding carboxylic acids is 1. The number of aromatic nitrogens is 1. The van der Waals surface area contributed by atoms with Gasteiger partial charge in [0, 0.05) is 18.9 Å². The summed E-state index contributed by atoms with van der Waals surface area (Å²) in [5.74, 6) is -1.54. The lowest BCUT2D eigenvalue weighted by atomic mass is 9.95. The minimum atomic E-state index is -0.907. The predicted octanol–water partition coefficient (Wildman–Crippen LogP) is 2.46. The van der Waals surface area contributed by atoms with Crippen LogP contribution in [0, 0.1) is 5.92 Å². The molecule has 0 aromatic carbocycles. The van der Waals surface area contributed by atoms with E-state index in [1.807, 2.05) is 0 Å². The second-order valence-electron chi connectivity index (χ2n) is 6.14. The van der Waals surface area contributed by atoms with Gasteiger partial charge in [0.15, 0.2) is 0 Å². The number of hydrogen-bond donors (Lipinski definition) is 1. The fraction of sp³-hybridized carbons (Fsp3) is 0.533. The Morgan fingerprint density at radius 2 is 2.14 bits per heavy atom. The van der Waals surface area contributed by atoms with E-state index >= 15 is 0 Å². The Morgan fingerprint density at radius 3 is 2.67 bits per heavy atom. The Balaban J connectivity index is 2.28. The average molecular weight is 292 g/mol. The van der Waals surface area contributed by atoms with Crippen LogP contribution < -0.4 is 0 Å². The molecule has 0 saturated carbocycles. The Labute approximate surface area is 123 Å². The second kappa shape index (κ2) is 5.71. The summed E-state index contributed by atoms with van der Waals surface area (Å²) >= 11 is 0. The van der Waals surface area contributed by atoms with Crippen molar-refractivity contribution in [1.29, 1.82) is 0 Å². The average Bonchev–Trinajstić information content (AvgIpc) is 2.82. The SMILES string of the molecule is CC(C)(C)OC(=O)N1CC[C@H](C(=O)O)[C@@H]1c1cccnc1. The quantitative estimate of drug-likeness (QED) is 0.905. The number of carboxylic acid groups (broad SMARTS) is 1. The van der Waals surface area contributed by atoms with Gasteiger partial charge in [0.2, 0.25) is 0 Å². The first kappa shape index (κ1) is 15.3. The largest absolute Gasteiger partial charge is 0.481 e. The minimum absolute atomic E-state index is 0.367. The molecule has 6 heteroatoms. The molecule has 1 aliphatic heterocycles. The van der Waals surface area contributed by atoms with Gasteiger partial charge in [0.1, 0.15) is 5.60 Å². The molecule has 2 heterocycles. The molecule has 0 unspecified atom stereocenters. The van der Waals surface area contributed by atoms with Crippen LogP contribution in [-0.2, 0) is 9.53 Å². The molecule has 1 fully saturated rings. The Kier molecular flexibility index (Phi) is 4.16. The number of rotatable bonds is 2. The van der Waals surface area contributed by atoms with Gasteiger partial charge < -0.3 is 14.7 Å². The van der Waals surface area contributed by atoms with Crippen LogP contribution in [-0.4, -0.2) is 39.2 Å². The van der Waals surface area contributed by atoms with E-state index in [4.69, 9.17) is 4.74 Å². The lowest BCUT2D eigenvalue weighted by molar-refractivity contribution is -0.142. The Hall–Kier alpha value is -2.11. The van der Waals surface area contributed by atoms with Gasteiger partial charge in [-0.2, -0.15) is 0 Å². The van der Waals surface area contributed by atoms with Crippen molar-refractivity contribution < 1.29 is 19.4 Å². The molecule has 1 amide bonds. The van der Waals surface area contributed by atoms with Gasteiger partial charge >= 0.3 is 12.1 Å². The number of amides is 1. The molecule has 0 spiro atoms. The van der Waals surface area contributed by atoms with E-state index in [0.29, 0.717) is 18.5 Å². The third-order valence-electron chi connectivity index (χ3n) is 3.37. The van der Waals surface area contributed by atoms with Gasteiger partial charge in [-0.15, -0.1) is 0 Å². The van der Waals surface area contributed by atoms with E-state index in [-0.39, 0.29) is 0 Å². The number of ether oxygens (including phenoxy) is 1. The van der Waals surface area contributed by atoms with E-state index < -0.39 is 29.6 Å². The number of likely N-dealkylation sites (tertiary alicyclic amines) is 1. The van der Waals surface area contributed by atoms with Gasteiger partial charge in [-0.3, -0.25) is 9.78 Å². The zero-order valence-corrected chi connectivity index (χ0v) is 12.4. The minimum Gasteiger partial charge on any atom is -0.481 e. The lowest BCUT2D eigenvalue weighted by Crippen LogP contribution is -2.38. The van der Waals surface area contributed by atoms with Crippen molar-refractivity contribution in [3.8, 4) is 0 Å². The highest BCUT2D eigenvalue weighted by Crippen LogP contribution is 2.38. The Morgan fingerprint density at radius 1 is 1.43 bits per heavy atom. The Bertz CT molecular complexity index is 524. The highest BCUT2D eigenvalue weighted by Gasteiger charge is 2.43. The first-order chi connectivity index (χ1) is 9.79. The summed E-state index contributed by atoms with van der Waals surface area (Å²) in [6, 6.07) is 2.99. The topological polar surface area (TPSA) is 79.7 Å². The molecule has 1 aromatic rings. The van der Waals surface area contributed by atoms with Crippen LogP contribution in [0.1, 0.15) is 38.8 Å². The molecule has 1 saturated heterocycles. The fourth-order valence-corrected chi connectivity index (χ4v) is 2.54. The van der Waals surface area contributed by atoms with Crippen molar-refractivity contribution in [1.82, 2.24) is 9.88 Å². The molecule has 1 aliphatic rings. The molecule has 1 aromatic heterocycles. The molecule has 0 bridgehead atoms. The summed E-state index contributed by atoms with van der Waals surface area (Å²) in [4.78, 5) is 29.2. The molecule has 2 atom stereocenters.